The lowest BCUT2D eigenvalue weighted by molar-refractivity contribution is -0.117. The lowest BCUT2D eigenvalue weighted by atomic mass is 10.0. The summed E-state index contributed by atoms with van der Waals surface area (Å²) in [6, 6.07) is 12.5. The van der Waals surface area contributed by atoms with E-state index < -0.39 is 0 Å². The molecule has 19 heavy (non-hydrogen) atoms. The highest BCUT2D eigenvalue weighted by atomic mass is 35.5. The van der Waals surface area contributed by atoms with Crippen molar-refractivity contribution in [3.63, 3.8) is 0 Å². The zero-order valence-corrected chi connectivity index (χ0v) is 11.7. The maximum absolute atomic E-state index is 12.0. The Hall–Kier alpha value is -1.51. The molecule has 2 aromatic rings. The van der Waals surface area contributed by atoms with E-state index in [0.717, 1.165) is 11.1 Å². The van der Waals surface area contributed by atoms with Gasteiger partial charge in [-0.15, -0.1) is 0 Å². The number of ketones is 1. The Morgan fingerprint density at radius 1 is 1.00 bits per heavy atom. The molecule has 0 bridgehead atoms. The quantitative estimate of drug-likeness (QED) is 0.868. The molecular formula is C15H13Cl2NO. The van der Waals surface area contributed by atoms with Crippen LogP contribution in [0.3, 0.4) is 0 Å². The van der Waals surface area contributed by atoms with Gasteiger partial charge in [0.05, 0.1) is 0 Å². The maximum atomic E-state index is 12.0. The van der Waals surface area contributed by atoms with Crippen molar-refractivity contribution >= 4 is 34.7 Å². The van der Waals surface area contributed by atoms with Gasteiger partial charge in [-0.2, -0.15) is 0 Å². The minimum atomic E-state index is 0.106. The SMILES string of the molecule is Nc1ccc(CC(=O)Cc2ccc(Cl)cc2Cl)cc1. The van der Waals surface area contributed by atoms with Gasteiger partial charge in [-0.3, -0.25) is 4.79 Å². The fraction of sp³-hybridized carbons (Fsp3) is 0.133. The van der Waals surface area contributed by atoms with Gasteiger partial charge in [-0.1, -0.05) is 41.4 Å². The molecular weight excluding hydrogens is 281 g/mol. The Bertz CT molecular complexity index is 594. The predicted molar refractivity (Wildman–Crippen MR) is 79.7 cm³/mol. The molecule has 0 aromatic heterocycles. The second kappa shape index (κ2) is 6.09. The molecule has 0 aliphatic heterocycles. The van der Waals surface area contributed by atoms with E-state index in [-0.39, 0.29) is 5.78 Å². The van der Waals surface area contributed by atoms with Gasteiger partial charge in [0.2, 0.25) is 0 Å². The minimum absolute atomic E-state index is 0.106. The van der Waals surface area contributed by atoms with Crippen LogP contribution < -0.4 is 5.73 Å². The number of hydrogen-bond donors (Lipinski definition) is 1. The maximum Gasteiger partial charge on any atom is 0.141 e. The molecule has 0 heterocycles. The fourth-order valence-electron chi connectivity index (χ4n) is 1.80. The van der Waals surface area contributed by atoms with Crippen LogP contribution in [0.5, 0.6) is 0 Å². The Morgan fingerprint density at radius 2 is 1.68 bits per heavy atom. The van der Waals surface area contributed by atoms with Crippen LogP contribution in [0.1, 0.15) is 11.1 Å². The van der Waals surface area contributed by atoms with Crippen LogP contribution in [0.25, 0.3) is 0 Å². The Balaban J connectivity index is 2.03. The lowest BCUT2D eigenvalue weighted by Crippen LogP contribution is -2.07. The highest BCUT2D eigenvalue weighted by Gasteiger charge is 2.08. The molecule has 0 fully saturated rings. The molecule has 2 rings (SSSR count). The van der Waals surface area contributed by atoms with E-state index in [0.29, 0.717) is 28.6 Å². The Labute approximate surface area is 122 Å². The number of benzene rings is 2. The highest BCUT2D eigenvalue weighted by molar-refractivity contribution is 6.35. The summed E-state index contributed by atoms with van der Waals surface area (Å²) >= 11 is 11.9. The minimum Gasteiger partial charge on any atom is -0.399 e. The number of halogens is 2. The molecule has 4 heteroatoms. The Kier molecular flexibility index (Phi) is 4.46. The third kappa shape index (κ3) is 3.98. The molecule has 0 amide bonds. The second-order valence-corrected chi connectivity index (χ2v) is 5.21. The number of hydrogen-bond acceptors (Lipinski definition) is 2. The van der Waals surface area contributed by atoms with Gasteiger partial charge in [-0.25, -0.2) is 0 Å². The van der Waals surface area contributed by atoms with E-state index in [4.69, 9.17) is 28.9 Å². The molecule has 0 unspecified atom stereocenters. The smallest absolute Gasteiger partial charge is 0.141 e. The van der Waals surface area contributed by atoms with Crippen molar-refractivity contribution in [3.05, 3.63) is 63.6 Å². The van der Waals surface area contributed by atoms with Crippen molar-refractivity contribution in [2.75, 3.05) is 5.73 Å². The molecule has 0 aliphatic rings. The van der Waals surface area contributed by atoms with Crippen LogP contribution in [-0.4, -0.2) is 5.78 Å². The molecule has 0 radical (unpaired) electrons. The van der Waals surface area contributed by atoms with Gasteiger partial charge >= 0.3 is 0 Å². The van der Waals surface area contributed by atoms with E-state index in [2.05, 4.69) is 0 Å². The van der Waals surface area contributed by atoms with Crippen LogP contribution in [0, 0.1) is 0 Å². The summed E-state index contributed by atoms with van der Waals surface area (Å²) in [7, 11) is 0. The van der Waals surface area contributed by atoms with Crippen LogP contribution >= 0.6 is 23.2 Å². The topological polar surface area (TPSA) is 43.1 Å². The number of rotatable bonds is 4. The number of Topliss-reactive ketones (excluding diaryl/α,β-unsaturated/α-hetero) is 1. The molecule has 0 saturated carbocycles. The number of carbonyl (C=O) groups excluding carboxylic acids is 1. The molecule has 2 nitrogen and oxygen atoms in total. The van der Waals surface area contributed by atoms with Crippen LogP contribution in [0.4, 0.5) is 5.69 Å². The standard InChI is InChI=1S/C15H13Cl2NO/c16-12-4-3-11(15(17)9-12)8-14(19)7-10-1-5-13(18)6-2-10/h1-6,9H,7-8,18H2. The monoisotopic (exact) mass is 293 g/mol. The van der Waals surface area contributed by atoms with Gasteiger partial charge in [0, 0.05) is 28.6 Å². The third-order valence-electron chi connectivity index (χ3n) is 2.78. The van der Waals surface area contributed by atoms with Crippen LogP contribution in [0.15, 0.2) is 42.5 Å². The first-order valence-electron chi connectivity index (χ1n) is 5.84. The molecule has 0 spiro atoms. The van der Waals surface area contributed by atoms with Crippen molar-refractivity contribution in [2.24, 2.45) is 0 Å². The first kappa shape index (κ1) is 13.9. The molecule has 2 aromatic carbocycles. The number of carbonyl (C=O) groups is 1. The van der Waals surface area contributed by atoms with Gasteiger partial charge in [-0.05, 0) is 35.4 Å². The number of nitrogen functional groups attached to an aromatic ring is 1. The second-order valence-electron chi connectivity index (χ2n) is 4.37. The normalized spacial score (nSPS) is 10.4. The van der Waals surface area contributed by atoms with E-state index in [1.165, 1.54) is 0 Å². The van der Waals surface area contributed by atoms with Crippen molar-refractivity contribution in [2.45, 2.75) is 12.8 Å². The number of anilines is 1. The zero-order chi connectivity index (χ0) is 13.8. The highest BCUT2D eigenvalue weighted by Crippen LogP contribution is 2.22. The Morgan fingerprint density at radius 3 is 2.32 bits per heavy atom. The van der Waals surface area contributed by atoms with Gasteiger partial charge in [0.25, 0.3) is 0 Å². The van der Waals surface area contributed by atoms with E-state index >= 15 is 0 Å². The molecule has 0 saturated heterocycles. The summed E-state index contributed by atoms with van der Waals surface area (Å²) in [5, 5.41) is 1.10. The van der Waals surface area contributed by atoms with E-state index in [1.54, 1.807) is 30.3 Å². The average molecular weight is 294 g/mol. The zero-order valence-electron chi connectivity index (χ0n) is 10.2. The molecule has 2 N–H and O–H groups in total. The van der Waals surface area contributed by atoms with E-state index in [1.807, 2.05) is 12.1 Å². The summed E-state index contributed by atoms with van der Waals surface area (Å²) in [5.74, 6) is 0.106. The van der Waals surface area contributed by atoms with Crippen LogP contribution in [-0.2, 0) is 17.6 Å². The largest absolute Gasteiger partial charge is 0.399 e. The van der Waals surface area contributed by atoms with Crippen molar-refractivity contribution in [3.8, 4) is 0 Å². The first-order chi connectivity index (χ1) is 9.04. The van der Waals surface area contributed by atoms with Crippen molar-refractivity contribution < 1.29 is 4.79 Å². The summed E-state index contributed by atoms with van der Waals surface area (Å²) in [6.07, 6.45) is 0.680. The van der Waals surface area contributed by atoms with Gasteiger partial charge in [0.1, 0.15) is 5.78 Å². The van der Waals surface area contributed by atoms with E-state index in [9.17, 15) is 4.79 Å². The number of nitrogens with two attached hydrogens (primary N) is 1. The third-order valence-corrected chi connectivity index (χ3v) is 3.37. The van der Waals surface area contributed by atoms with Crippen molar-refractivity contribution in [1.82, 2.24) is 0 Å². The van der Waals surface area contributed by atoms with Gasteiger partial charge < -0.3 is 5.73 Å². The summed E-state index contributed by atoms with van der Waals surface area (Å²) in [5.41, 5.74) is 8.04. The van der Waals surface area contributed by atoms with Crippen molar-refractivity contribution in [1.29, 1.82) is 0 Å². The molecule has 98 valence electrons. The summed E-state index contributed by atoms with van der Waals surface area (Å²) < 4.78 is 0. The lowest BCUT2D eigenvalue weighted by Gasteiger charge is -2.05. The molecule has 0 atom stereocenters. The summed E-state index contributed by atoms with van der Waals surface area (Å²) in [4.78, 5) is 12.0. The summed E-state index contributed by atoms with van der Waals surface area (Å²) in [6.45, 7) is 0. The average Bonchev–Trinajstić information content (AvgIpc) is 2.36. The molecule has 0 aliphatic carbocycles. The van der Waals surface area contributed by atoms with Crippen LogP contribution in [0.2, 0.25) is 10.0 Å². The first-order valence-corrected chi connectivity index (χ1v) is 6.60. The van der Waals surface area contributed by atoms with Gasteiger partial charge in [0.15, 0.2) is 0 Å². The fourth-order valence-corrected chi connectivity index (χ4v) is 2.28. The predicted octanol–water partition coefficient (Wildman–Crippen LogP) is 3.93.